The number of benzene rings is 1. The molecule has 1 N–H and O–H groups in total. The highest BCUT2D eigenvalue weighted by Gasteiger charge is 2.33. The first kappa shape index (κ1) is 17.2. The van der Waals surface area contributed by atoms with Crippen LogP contribution in [0.3, 0.4) is 0 Å². The van der Waals surface area contributed by atoms with Gasteiger partial charge in [0.1, 0.15) is 11.5 Å². The molecule has 0 saturated heterocycles. The van der Waals surface area contributed by atoms with Crippen LogP contribution >= 0.6 is 11.3 Å². The fourth-order valence-electron chi connectivity index (χ4n) is 2.04. The van der Waals surface area contributed by atoms with Crippen LogP contribution in [0.25, 0.3) is 0 Å². The molecule has 0 bridgehead atoms. The van der Waals surface area contributed by atoms with Gasteiger partial charge in [-0.25, -0.2) is 9.97 Å². The summed E-state index contributed by atoms with van der Waals surface area (Å²) < 4.78 is 43.3. The number of halogens is 3. The van der Waals surface area contributed by atoms with Crippen molar-refractivity contribution in [3.63, 3.8) is 0 Å². The highest BCUT2D eigenvalue weighted by atomic mass is 32.1. The van der Waals surface area contributed by atoms with Crippen LogP contribution in [0.1, 0.15) is 16.0 Å². The molecule has 4 nitrogen and oxygen atoms in total. The molecule has 3 rings (SSSR count). The van der Waals surface area contributed by atoms with Crippen molar-refractivity contribution in [1.82, 2.24) is 9.97 Å². The average Bonchev–Trinajstić information content (AvgIpc) is 3.09. The van der Waals surface area contributed by atoms with Gasteiger partial charge in [0.05, 0.1) is 6.20 Å². The van der Waals surface area contributed by atoms with Crippen molar-refractivity contribution in [2.75, 3.05) is 5.32 Å². The summed E-state index contributed by atoms with van der Waals surface area (Å²) in [6.07, 6.45) is -1.94. The summed E-state index contributed by atoms with van der Waals surface area (Å²) in [5.74, 6) is 0.457. The first-order valence-corrected chi connectivity index (χ1v) is 8.21. The Labute approximate surface area is 146 Å². The van der Waals surface area contributed by atoms with Crippen LogP contribution in [0.5, 0.6) is 5.88 Å². The van der Waals surface area contributed by atoms with Crippen LogP contribution in [0.2, 0.25) is 0 Å². The Bertz CT molecular complexity index is 821. The van der Waals surface area contributed by atoms with Crippen molar-refractivity contribution in [2.24, 2.45) is 0 Å². The molecule has 0 amide bonds. The van der Waals surface area contributed by atoms with Gasteiger partial charge in [0.25, 0.3) is 0 Å². The van der Waals surface area contributed by atoms with Crippen molar-refractivity contribution in [2.45, 2.75) is 19.3 Å². The van der Waals surface area contributed by atoms with Gasteiger partial charge in [0.15, 0.2) is 5.13 Å². The monoisotopic (exact) mass is 365 g/mol. The number of hydrogen-bond donors (Lipinski definition) is 1. The van der Waals surface area contributed by atoms with Gasteiger partial charge >= 0.3 is 6.18 Å². The Morgan fingerprint density at radius 1 is 1.04 bits per heavy atom. The first-order chi connectivity index (χ1) is 12.0. The number of hydrogen-bond acceptors (Lipinski definition) is 5. The molecule has 8 heteroatoms. The Morgan fingerprint density at radius 2 is 1.84 bits per heavy atom. The maximum atomic E-state index is 12.6. The van der Waals surface area contributed by atoms with E-state index in [4.69, 9.17) is 4.74 Å². The molecule has 130 valence electrons. The Hall–Kier alpha value is -2.61. The largest absolute Gasteiger partial charge is 0.473 e. The zero-order valence-electron chi connectivity index (χ0n) is 13.0. The van der Waals surface area contributed by atoms with E-state index in [1.807, 2.05) is 30.3 Å². The normalized spacial score (nSPS) is 11.3. The minimum Gasteiger partial charge on any atom is -0.473 e. The lowest BCUT2D eigenvalue weighted by Gasteiger charge is -2.08. The maximum Gasteiger partial charge on any atom is 0.427 e. The lowest BCUT2D eigenvalue weighted by Crippen LogP contribution is -2.02. The molecular formula is C17H14F3N3OS. The standard InChI is InChI=1S/C17H14F3N3OS/c18-17(19,20)14-10-23-16(25-14)22-9-13-6-7-21-15(8-13)24-11-12-4-2-1-3-5-12/h1-8,10H,9,11H2,(H,22,23). The molecule has 2 aromatic heterocycles. The van der Waals surface area contributed by atoms with E-state index >= 15 is 0 Å². The minimum absolute atomic E-state index is 0.218. The lowest BCUT2D eigenvalue weighted by molar-refractivity contribution is -0.134. The summed E-state index contributed by atoms with van der Waals surface area (Å²) in [6.45, 7) is 0.723. The van der Waals surface area contributed by atoms with Crippen LogP contribution < -0.4 is 10.1 Å². The zero-order valence-corrected chi connectivity index (χ0v) is 13.8. The molecule has 0 aliphatic carbocycles. The molecule has 0 atom stereocenters. The van der Waals surface area contributed by atoms with Crippen LogP contribution in [0, 0.1) is 0 Å². The Kier molecular flexibility index (Phi) is 5.18. The number of pyridine rings is 1. The predicted octanol–water partition coefficient (Wildman–Crippen LogP) is 4.75. The van der Waals surface area contributed by atoms with Gasteiger partial charge < -0.3 is 10.1 Å². The van der Waals surface area contributed by atoms with E-state index in [0.29, 0.717) is 30.4 Å². The second-order valence-electron chi connectivity index (χ2n) is 5.16. The summed E-state index contributed by atoms with van der Waals surface area (Å²) in [5.41, 5.74) is 1.86. The molecule has 0 spiro atoms. The summed E-state index contributed by atoms with van der Waals surface area (Å²) >= 11 is 0.577. The molecule has 0 unspecified atom stereocenters. The van der Waals surface area contributed by atoms with Crippen LogP contribution in [0.15, 0.2) is 54.9 Å². The lowest BCUT2D eigenvalue weighted by atomic mass is 10.2. The van der Waals surface area contributed by atoms with Crippen LogP contribution in [0.4, 0.5) is 18.3 Å². The van der Waals surface area contributed by atoms with Gasteiger partial charge in [-0.3, -0.25) is 0 Å². The van der Waals surface area contributed by atoms with E-state index in [9.17, 15) is 13.2 Å². The third-order valence-corrected chi connectivity index (χ3v) is 4.26. The first-order valence-electron chi connectivity index (χ1n) is 7.39. The molecular weight excluding hydrogens is 351 g/mol. The van der Waals surface area contributed by atoms with E-state index < -0.39 is 11.1 Å². The molecule has 0 aliphatic rings. The number of alkyl halides is 3. The highest BCUT2D eigenvalue weighted by Crippen LogP contribution is 2.35. The smallest absolute Gasteiger partial charge is 0.427 e. The third kappa shape index (κ3) is 4.93. The van der Waals surface area contributed by atoms with E-state index in [1.165, 1.54) is 0 Å². The number of nitrogens with zero attached hydrogens (tertiary/aromatic N) is 2. The third-order valence-electron chi connectivity index (χ3n) is 3.26. The van der Waals surface area contributed by atoms with Gasteiger partial charge in [0, 0.05) is 18.8 Å². The summed E-state index contributed by atoms with van der Waals surface area (Å²) in [7, 11) is 0. The molecule has 25 heavy (non-hydrogen) atoms. The quantitative estimate of drug-likeness (QED) is 0.685. The Balaban J connectivity index is 1.57. The van der Waals surface area contributed by atoms with Gasteiger partial charge in [-0.05, 0) is 17.2 Å². The molecule has 1 aromatic carbocycles. The number of anilines is 1. The van der Waals surface area contributed by atoms with Crippen molar-refractivity contribution >= 4 is 16.5 Å². The number of aromatic nitrogens is 2. The number of nitrogens with one attached hydrogen (secondary N) is 1. The zero-order chi connectivity index (χ0) is 17.7. The van der Waals surface area contributed by atoms with Gasteiger partial charge in [-0.1, -0.05) is 41.7 Å². The van der Waals surface area contributed by atoms with Gasteiger partial charge in [0.2, 0.25) is 5.88 Å². The number of thiazole rings is 1. The van der Waals surface area contributed by atoms with E-state index in [-0.39, 0.29) is 5.13 Å². The highest BCUT2D eigenvalue weighted by molar-refractivity contribution is 7.15. The van der Waals surface area contributed by atoms with E-state index in [2.05, 4.69) is 15.3 Å². The SMILES string of the molecule is FC(F)(F)c1cnc(NCc2ccnc(OCc3ccccc3)c2)s1. The number of ether oxygens (including phenoxy) is 1. The maximum absolute atomic E-state index is 12.6. The number of rotatable bonds is 6. The molecule has 2 heterocycles. The second kappa shape index (κ2) is 7.52. The summed E-state index contributed by atoms with van der Waals surface area (Å²) in [5, 5.41) is 3.10. The predicted molar refractivity (Wildman–Crippen MR) is 89.5 cm³/mol. The van der Waals surface area contributed by atoms with Gasteiger partial charge in [-0.15, -0.1) is 0 Å². The van der Waals surface area contributed by atoms with Crippen LogP contribution in [-0.2, 0) is 19.3 Å². The molecule has 0 saturated carbocycles. The van der Waals surface area contributed by atoms with Crippen molar-refractivity contribution in [3.05, 3.63) is 70.9 Å². The fraction of sp³-hybridized carbons (Fsp3) is 0.176. The molecule has 0 radical (unpaired) electrons. The molecule has 0 fully saturated rings. The van der Waals surface area contributed by atoms with Crippen LogP contribution in [-0.4, -0.2) is 9.97 Å². The minimum atomic E-state index is -4.37. The second-order valence-corrected chi connectivity index (χ2v) is 6.19. The Morgan fingerprint density at radius 3 is 2.56 bits per heavy atom. The topological polar surface area (TPSA) is 47.0 Å². The van der Waals surface area contributed by atoms with Crippen molar-refractivity contribution in [3.8, 4) is 5.88 Å². The van der Waals surface area contributed by atoms with E-state index in [0.717, 1.165) is 17.3 Å². The summed E-state index contributed by atoms with van der Waals surface area (Å²) in [6, 6.07) is 13.2. The van der Waals surface area contributed by atoms with Crippen molar-refractivity contribution < 1.29 is 17.9 Å². The van der Waals surface area contributed by atoms with Gasteiger partial charge in [-0.2, -0.15) is 13.2 Å². The molecule has 0 aliphatic heterocycles. The van der Waals surface area contributed by atoms with E-state index in [1.54, 1.807) is 18.3 Å². The summed E-state index contributed by atoms with van der Waals surface area (Å²) in [4.78, 5) is 7.15. The average molecular weight is 365 g/mol. The van der Waals surface area contributed by atoms with Crippen molar-refractivity contribution in [1.29, 1.82) is 0 Å². The fourth-order valence-corrected chi connectivity index (χ4v) is 2.71. The molecule has 3 aromatic rings.